The van der Waals surface area contributed by atoms with E-state index in [-0.39, 0.29) is 18.1 Å². The molecule has 0 unspecified atom stereocenters. The number of aromatic amines is 1. The number of carbonyl (C=O) groups is 1. The van der Waals surface area contributed by atoms with Crippen LogP contribution in [0.25, 0.3) is 22.3 Å². The molecule has 0 aliphatic carbocycles. The number of benzene rings is 3. The number of rotatable bonds is 10. The SMILES string of the molecule is CCOc1ccc2nc(-c3cccc(OCC(=O)NC(C)(C)C)c3)nc(Nc3cc(Cc4ccccc4)[nH]n3)c2c1. The van der Waals surface area contributed by atoms with Crippen LogP contribution in [-0.2, 0) is 11.2 Å². The Morgan fingerprint density at radius 2 is 1.71 bits per heavy atom. The molecule has 3 aromatic carbocycles. The molecule has 0 aliphatic heterocycles. The molecule has 2 aromatic heterocycles. The molecule has 9 nitrogen and oxygen atoms in total. The van der Waals surface area contributed by atoms with Gasteiger partial charge in [0.05, 0.1) is 12.1 Å². The van der Waals surface area contributed by atoms with Crippen molar-refractivity contribution in [2.45, 2.75) is 39.7 Å². The summed E-state index contributed by atoms with van der Waals surface area (Å²) < 4.78 is 11.5. The Morgan fingerprint density at radius 3 is 2.49 bits per heavy atom. The monoisotopic (exact) mass is 550 g/mol. The van der Waals surface area contributed by atoms with Crippen LogP contribution in [0, 0.1) is 0 Å². The van der Waals surface area contributed by atoms with Crippen molar-refractivity contribution in [2.75, 3.05) is 18.5 Å². The number of hydrogen-bond donors (Lipinski definition) is 3. The molecule has 41 heavy (non-hydrogen) atoms. The van der Waals surface area contributed by atoms with Crippen molar-refractivity contribution in [3.63, 3.8) is 0 Å². The van der Waals surface area contributed by atoms with Crippen molar-refractivity contribution in [1.82, 2.24) is 25.5 Å². The van der Waals surface area contributed by atoms with Gasteiger partial charge in [-0.1, -0.05) is 42.5 Å². The highest BCUT2D eigenvalue weighted by Gasteiger charge is 2.16. The van der Waals surface area contributed by atoms with Gasteiger partial charge >= 0.3 is 0 Å². The minimum absolute atomic E-state index is 0.0865. The minimum Gasteiger partial charge on any atom is -0.494 e. The molecule has 0 aliphatic rings. The van der Waals surface area contributed by atoms with Crippen LogP contribution in [0.5, 0.6) is 11.5 Å². The molecule has 3 N–H and O–H groups in total. The van der Waals surface area contributed by atoms with Crippen molar-refractivity contribution in [1.29, 1.82) is 0 Å². The van der Waals surface area contributed by atoms with E-state index >= 15 is 0 Å². The van der Waals surface area contributed by atoms with Crippen molar-refractivity contribution in [3.05, 3.63) is 90.1 Å². The summed E-state index contributed by atoms with van der Waals surface area (Å²) in [5.74, 6) is 2.84. The Kier molecular flexibility index (Phi) is 8.14. The molecular formula is C32H34N6O3. The number of hydrogen-bond acceptors (Lipinski definition) is 7. The Morgan fingerprint density at radius 1 is 0.902 bits per heavy atom. The second-order valence-electron chi connectivity index (χ2n) is 10.7. The van der Waals surface area contributed by atoms with E-state index in [0.717, 1.165) is 34.3 Å². The van der Waals surface area contributed by atoms with Gasteiger partial charge < -0.3 is 20.1 Å². The van der Waals surface area contributed by atoms with Crippen LogP contribution in [-0.4, -0.2) is 44.8 Å². The van der Waals surface area contributed by atoms with Crippen LogP contribution in [0.15, 0.2) is 78.9 Å². The quantitative estimate of drug-likeness (QED) is 0.194. The van der Waals surface area contributed by atoms with Gasteiger partial charge in [0.1, 0.15) is 17.3 Å². The van der Waals surface area contributed by atoms with Crippen LogP contribution in [0.4, 0.5) is 11.6 Å². The largest absolute Gasteiger partial charge is 0.494 e. The molecule has 5 aromatic rings. The molecule has 5 rings (SSSR count). The summed E-state index contributed by atoms with van der Waals surface area (Å²) >= 11 is 0. The van der Waals surface area contributed by atoms with Gasteiger partial charge in [-0.15, -0.1) is 0 Å². The van der Waals surface area contributed by atoms with Gasteiger partial charge in [0.25, 0.3) is 5.91 Å². The second kappa shape index (κ2) is 12.1. The van der Waals surface area contributed by atoms with Crippen LogP contribution in [0.2, 0.25) is 0 Å². The first kappa shape index (κ1) is 27.6. The number of H-pyrrole nitrogens is 1. The highest BCUT2D eigenvalue weighted by molar-refractivity contribution is 5.93. The van der Waals surface area contributed by atoms with Gasteiger partial charge in [0, 0.05) is 34.7 Å². The van der Waals surface area contributed by atoms with Crippen molar-refractivity contribution in [3.8, 4) is 22.9 Å². The molecule has 0 saturated heterocycles. The number of nitrogens with zero attached hydrogens (tertiary/aromatic N) is 3. The molecule has 1 amide bonds. The van der Waals surface area contributed by atoms with Gasteiger partial charge in [-0.25, -0.2) is 9.97 Å². The fourth-order valence-electron chi connectivity index (χ4n) is 4.37. The highest BCUT2D eigenvalue weighted by atomic mass is 16.5. The van der Waals surface area contributed by atoms with Crippen LogP contribution in [0.1, 0.15) is 39.0 Å². The fourth-order valence-corrected chi connectivity index (χ4v) is 4.37. The third kappa shape index (κ3) is 7.39. The summed E-state index contributed by atoms with van der Waals surface area (Å²) in [4.78, 5) is 21.9. The summed E-state index contributed by atoms with van der Waals surface area (Å²) in [7, 11) is 0. The lowest BCUT2D eigenvalue weighted by atomic mass is 10.1. The summed E-state index contributed by atoms with van der Waals surface area (Å²) in [5, 5.41) is 14.7. The zero-order valence-corrected chi connectivity index (χ0v) is 23.7. The van der Waals surface area contributed by atoms with E-state index in [4.69, 9.17) is 19.4 Å². The number of amides is 1. The predicted octanol–water partition coefficient (Wildman–Crippen LogP) is 6.05. The number of ether oxygens (including phenoxy) is 2. The number of carbonyl (C=O) groups excluding carboxylic acids is 1. The molecule has 210 valence electrons. The maximum absolute atomic E-state index is 12.2. The first-order valence-electron chi connectivity index (χ1n) is 13.6. The van der Waals surface area contributed by atoms with E-state index in [1.807, 2.05) is 88.4 Å². The number of aromatic nitrogens is 4. The number of nitrogens with one attached hydrogen (secondary N) is 3. The van der Waals surface area contributed by atoms with Crippen LogP contribution >= 0.6 is 0 Å². The van der Waals surface area contributed by atoms with Gasteiger partial charge in [0.2, 0.25) is 0 Å². The Balaban J connectivity index is 1.43. The first-order valence-corrected chi connectivity index (χ1v) is 13.6. The van der Waals surface area contributed by atoms with Crippen LogP contribution < -0.4 is 20.1 Å². The molecule has 0 bridgehead atoms. The van der Waals surface area contributed by atoms with Gasteiger partial charge in [-0.05, 0) is 63.6 Å². The van der Waals surface area contributed by atoms with E-state index < -0.39 is 0 Å². The maximum atomic E-state index is 12.2. The Labute approximate surface area is 239 Å². The smallest absolute Gasteiger partial charge is 0.258 e. The first-order chi connectivity index (χ1) is 19.8. The van der Waals surface area contributed by atoms with Crippen molar-refractivity contribution >= 4 is 28.4 Å². The van der Waals surface area contributed by atoms with Crippen molar-refractivity contribution < 1.29 is 14.3 Å². The third-order valence-electron chi connectivity index (χ3n) is 6.07. The van der Waals surface area contributed by atoms with E-state index in [1.54, 1.807) is 6.07 Å². The normalized spacial score (nSPS) is 11.3. The van der Waals surface area contributed by atoms with Crippen molar-refractivity contribution in [2.24, 2.45) is 0 Å². The third-order valence-corrected chi connectivity index (χ3v) is 6.07. The van der Waals surface area contributed by atoms with E-state index in [0.29, 0.717) is 29.8 Å². The van der Waals surface area contributed by atoms with E-state index in [9.17, 15) is 4.79 Å². The van der Waals surface area contributed by atoms with E-state index in [1.165, 1.54) is 5.56 Å². The predicted molar refractivity (Wildman–Crippen MR) is 161 cm³/mol. The zero-order valence-electron chi connectivity index (χ0n) is 23.7. The average molecular weight is 551 g/mol. The lowest BCUT2D eigenvalue weighted by Gasteiger charge is -2.20. The molecule has 0 radical (unpaired) electrons. The minimum atomic E-state index is -0.330. The molecule has 2 heterocycles. The van der Waals surface area contributed by atoms with E-state index in [2.05, 4.69) is 33.0 Å². The lowest BCUT2D eigenvalue weighted by molar-refractivity contribution is -0.124. The summed E-state index contributed by atoms with van der Waals surface area (Å²) in [5.41, 5.74) is 3.34. The number of anilines is 2. The second-order valence-corrected chi connectivity index (χ2v) is 10.7. The number of fused-ring (bicyclic) bond motifs is 1. The summed E-state index contributed by atoms with van der Waals surface area (Å²) in [6, 6.07) is 25.3. The fraction of sp³-hybridized carbons (Fsp3) is 0.250. The molecule has 0 spiro atoms. The molecule has 9 heteroatoms. The summed E-state index contributed by atoms with van der Waals surface area (Å²) in [6.45, 7) is 8.20. The van der Waals surface area contributed by atoms with Gasteiger partial charge in [-0.2, -0.15) is 5.10 Å². The summed E-state index contributed by atoms with van der Waals surface area (Å²) in [6.07, 6.45) is 0.736. The maximum Gasteiger partial charge on any atom is 0.258 e. The standard InChI is InChI=1S/C32H34N6O3/c1-5-40-25-14-15-27-26(19-25)31(34-28-18-23(37-38-28)16-21-10-7-6-8-11-21)35-30(33-27)22-12-9-13-24(17-22)41-20-29(39)36-32(2,3)4/h6-15,17-19H,5,16,20H2,1-4H3,(H,36,39)(H2,33,34,35,37,38). The van der Waals surface area contributed by atoms with Gasteiger partial charge in [-0.3, -0.25) is 9.89 Å². The molecular weight excluding hydrogens is 516 g/mol. The molecule has 0 fully saturated rings. The zero-order chi connectivity index (χ0) is 28.8. The Hall–Kier alpha value is -4.92. The Bertz CT molecular complexity index is 1640. The average Bonchev–Trinajstić information content (AvgIpc) is 3.38. The molecule has 0 atom stereocenters. The highest BCUT2D eigenvalue weighted by Crippen LogP contribution is 2.31. The molecule has 0 saturated carbocycles. The van der Waals surface area contributed by atoms with Crippen LogP contribution in [0.3, 0.4) is 0 Å². The topological polar surface area (TPSA) is 114 Å². The van der Waals surface area contributed by atoms with Gasteiger partial charge in [0.15, 0.2) is 18.2 Å². The lowest BCUT2D eigenvalue weighted by Crippen LogP contribution is -2.43.